The summed E-state index contributed by atoms with van der Waals surface area (Å²) in [4.78, 5) is 6.66. The van der Waals surface area contributed by atoms with Crippen LogP contribution in [0.25, 0.3) is 0 Å². The number of halogens is 2. The minimum absolute atomic E-state index is 0. The predicted octanol–water partition coefficient (Wildman–Crippen LogP) is 4.05. The van der Waals surface area contributed by atoms with Crippen molar-refractivity contribution in [2.75, 3.05) is 39.0 Å². The van der Waals surface area contributed by atoms with Crippen LogP contribution in [-0.2, 0) is 10.8 Å². The summed E-state index contributed by atoms with van der Waals surface area (Å²) in [6.07, 6.45) is 0. The van der Waals surface area contributed by atoms with Crippen LogP contribution >= 0.6 is 35.6 Å². The van der Waals surface area contributed by atoms with Gasteiger partial charge in [-0.3, -0.25) is 14.1 Å². The zero-order chi connectivity index (χ0) is 20.4. The first kappa shape index (κ1) is 27.6. The standard InChI is InChI=1S/C20H35ClN4OS.HI/c1-7-25(8-2)18(16-11-9-10-12-17(16)21)15-24-19(22-6)23-13-14-27(26)20(3,4)5;/h9-12,18H,7-8,13-15H2,1-6H3,(H2,22,23,24);1H. The lowest BCUT2D eigenvalue weighted by Crippen LogP contribution is -2.44. The number of nitrogens with one attached hydrogen (secondary N) is 2. The van der Waals surface area contributed by atoms with Crippen molar-refractivity contribution in [3.8, 4) is 0 Å². The second-order valence-electron chi connectivity index (χ2n) is 7.30. The van der Waals surface area contributed by atoms with Gasteiger partial charge in [-0.1, -0.05) is 43.6 Å². The molecule has 0 heterocycles. The summed E-state index contributed by atoms with van der Waals surface area (Å²) in [5.41, 5.74) is 1.11. The van der Waals surface area contributed by atoms with E-state index in [4.69, 9.17) is 11.6 Å². The van der Waals surface area contributed by atoms with Gasteiger partial charge in [0, 0.05) is 46.5 Å². The molecule has 0 fully saturated rings. The van der Waals surface area contributed by atoms with Gasteiger partial charge in [-0.15, -0.1) is 24.0 Å². The SMILES string of the molecule is CCN(CC)C(CNC(=NC)NCCS(=O)C(C)(C)C)c1ccccc1Cl.I. The first-order chi connectivity index (χ1) is 12.7. The quantitative estimate of drug-likeness (QED) is 0.281. The molecular formula is C20H36ClIN4OS. The lowest BCUT2D eigenvalue weighted by Gasteiger charge is -2.31. The van der Waals surface area contributed by atoms with E-state index in [1.807, 2.05) is 39.0 Å². The second kappa shape index (κ2) is 13.8. The average Bonchev–Trinajstić information content (AvgIpc) is 2.63. The Morgan fingerprint density at radius 1 is 1.21 bits per heavy atom. The van der Waals surface area contributed by atoms with E-state index < -0.39 is 10.8 Å². The monoisotopic (exact) mass is 542 g/mol. The Morgan fingerprint density at radius 2 is 1.82 bits per heavy atom. The molecule has 2 atom stereocenters. The number of hydrogen-bond donors (Lipinski definition) is 2. The van der Waals surface area contributed by atoms with Gasteiger partial charge in [0.05, 0.1) is 6.04 Å². The lowest BCUT2D eigenvalue weighted by atomic mass is 10.0. The highest BCUT2D eigenvalue weighted by Crippen LogP contribution is 2.26. The van der Waals surface area contributed by atoms with Gasteiger partial charge in [0.2, 0.25) is 0 Å². The van der Waals surface area contributed by atoms with Crippen molar-refractivity contribution >= 4 is 52.3 Å². The van der Waals surface area contributed by atoms with Crippen LogP contribution in [0.3, 0.4) is 0 Å². The lowest BCUT2D eigenvalue weighted by molar-refractivity contribution is 0.219. The van der Waals surface area contributed by atoms with Crippen LogP contribution in [0.4, 0.5) is 0 Å². The van der Waals surface area contributed by atoms with Crippen molar-refractivity contribution in [3.05, 3.63) is 34.9 Å². The Morgan fingerprint density at radius 3 is 2.32 bits per heavy atom. The molecule has 5 nitrogen and oxygen atoms in total. The van der Waals surface area contributed by atoms with E-state index in [0.717, 1.165) is 23.7 Å². The molecule has 1 rings (SSSR count). The van der Waals surface area contributed by atoms with Crippen LogP contribution in [0, 0.1) is 0 Å². The van der Waals surface area contributed by atoms with Crippen LogP contribution in [0.5, 0.6) is 0 Å². The molecule has 0 aliphatic rings. The van der Waals surface area contributed by atoms with Gasteiger partial charge in [0.15, 0.2) is 5.96 Å². The minimum atomic E-state index is -0.882. The van der Waals surface area contributed by atoms with E-state index in [2.05, 4.69) is 40.4 Å². The smallest absolute Gasteiger partial charge is 0.191 e. The fraction of sp³-hybridized carbons (Fsp3) is 0.650. The number of hydrogen-bond acceptors (Lipinski definition) is 3. The number of aliphatic imine (C=N–C) groups is 1. The molecule has 0 spiro atoms. The maximum absolute atomic E-state index is 12.2. The van der Waals surface area contributed by atoms with E-state index >= 15 is 0 Å². The Labute approximate surface area is 195 Å². The predicted molar refractivity (Wildman–Crippen MR) is 135 cm³/mol. The van der Waals surface area contributed by atoms with Crippen LogP contribution in [0.1, 0.15) is 46.2 Å². The van der Waals surface area contributed by atoms with Crippen LogP contribution in [-0.4, -0.2) is 58.8 Å². The molecule has 162 valence electrons. The highest BCUT2D eigenvalue weighted by Gasteiger charge is 2.21. The average molecular weight is 543 g/mol. The van der Waals surface area contributed by atoms with E-state index in [9.17, 15) is 4.21 Å². The maximum atomic E-state index is 12.2. The number of likely N-dealkylation sites (N-methyl/N-ethyl adjacent to an activating group) is 1. The Hall–Kier alpha value is -0.380. The summed E-state index contributed by atoms with van der Waals surface area (Å²) in [5.74, 6) is 1.30. The van der Waals surface area contributed by atoms with Crippen LogP contribution < -0.4 is 10.6 Å². The molecule has 0 aliphatic heterocycles. The molecule has 8 heteroatoms. The Bertz CT molecular complexity index is 633. The van der Waals surface area contributed by atoms with Crippen molar-refractivity contribution in [1.29, 1.82) is 0 Å². The molecule has 0 saturated carbocycles. The van der Waals surface area contributed by atoms with E-state index in [1.54, 1.807) is 7.05 Å². The molecular weight excluding hydrogens is 507 g/mol. The first-order valence-corrected chi connectivity index (χ1v) is 11.3. The summed E-state index contributed by atoms with van der Waals surface area (Å²) in [7, 11) is 0.866. The van der Waals surface area contributed by atoms with Crippen molar-refractivity contribution < 1.29 is 4.21 Å². The highest BCUT2D eigenvalue weighted by atomic mass is 127. The molecule has 1 aromatic rings. The van der Waals surface area contributed by atoms with Gasteiger partial charge < -0.3 is 10.6 Å². The highest BCUT2D eigenvalue weighted by molar-refractivity contribution is 14.0. The van der Waals surface area contributed by atoms with Crippen LogP contribution in [0.2, 0.25) is 5.02 Å². The Kier molecular flexibility index (Phi) is 13.6. The molecule has 2 N–H and O–H groups in total. The number of nitrogens with zero attached hydrogens (tertiary/aromatic N) is 2. The molecule has 0 bridgehead atoms. The van der Waals surface area contributed by atoms with Gasteiger partial charge in [-0.2, -0.15) is 0 Å². The fourth-order valence-corrected chi connectivity index (χ4v) is 3.99. The molecule has 0 radical (unpaired) electrons. The maximum Gasteiger partial charge on any atom is 0.191 e. The third kappa shape index (κ3) is 8.97. The molecule has 0 amide bonds. The summed E-state index contributed by atoms with van der Waals surface area (Å²) in [6.45, 7) is 13.5. The largest absolute Gasteiger partial charge is 0.355 e. The third-order valence-corrected chi connectivity index (χ3v) is 6.75. The van der Waals surface area contributed by atoms with Crippen LogP contribution in [0.15, 0.2) is 29.3 Å². The first-order valence-electron chi connectivity index (χ1n) is 9.56. The van der Waals surface area contributed by atoms with Crippen molar-refractivity contribution in [2.45, 2.75) is 45.4 Å². The van der Waals surface area contributed by atoms with E-state index in [1.165, 1.54) is 0 Å². The van der Waals surface area contributed by atoms with Gasteiger partial charge in [-0.25, -0.2) is 0 Å². The van der Waals surface area contributed by atoms with Crippen molar-refractivity contribution in [1.82, 2.24) is 15.5 Å². The Balaban J connectivity index is 0.00000729. The van der Waals surface area contributed by atoms with Gasteiger partial charge in [0.1, 0.15) is 0 Å². The molecule has 0 aromatic heterocycles. The summed E-state index contributed by atoms with van der Waals surface area (Å²) in [5, 5.41) is 7.44. The molecule has 0 saturated heterocycles. The summed E-state index contributed by atoms with van der Waals surface area (Å²) >= 11 is 6.45. The topological polar surface area (TPSA) is 56.7 Å². The molecule has 2 unspecified atom stereocenters. The number of benzene rings is 1. The minimum Gasteiger partial charge on any atom is -0.355 e. The summed E-state index contributed by atoms with van der Waals surface area (Å²) in [6, 6.07) is 8.13. The van der Waals surface area contributed by atoms with Gasteiger partial charge in [-0.05, 0) is 45.5 Å². The second-order valence-corrected chi connectivity index (χ2v) is 10.0. The van der Waals surface area contributed by atoms with Gasteiger partial charge >= 0.3 is 0 Å². The molecule has 28 heavy (non-hydrogen) atoms. The normalized spacial score (nSPS) is 14.4. The van der Waals surface area contributed by atoms with E-state index in [0.29, 0.717) is 24.8 Å². The number of rotatable bonds is 9. The fourth-order valence-electron chi connectivity index (χ4n) is 2.83. The zero-order valence-corrected chi connectivity index (χ0v) is 21.8. The molecule has 0 aliphatic carbocycles. The van der Waals surface area contributed by atoms with Gasteiger partial charge in [0.25, 0.3) is 0 Å². The summed E-state index contributed by atoms with van der Waals surface area (Å²) < 4.78 is 12.0. The third-order valence-electron chi connectivity index (χ3n) is 4.47. The van der Waals surface area contributed by atoms with E-state index in [-0.39, 0.29) is 34.8 Å². The number of guanidine groups is 1. The van der Waals surface area contributed by atoms with Crippen molar-refractivity contribution in [2.24, 2.45) is 4.99 Å². The zero-order valence-electron chi connectivity index (χ0n) is 17.9. The van der Waals surface area contributed by atoms with Crippen molar-refractivity contribution in [3.63, 3.8) is 0 Å². The molecule has 1 aromatic carbocycles.